The Hall–Kier alpha value is -2.67. The van der Waals surface area contributed by atoms with Gasteiger partial charge < -0.3 is 10.5 Å². The number of hydrogen-bond donors (Lipinski definition) is 3. The minimum absolute atomic E-state index is 0.147. The number of hydrogen-bond acceptors (Lipinski definition) is 5. The molecule has 2 amide bonds. The number of pyridine rings is 1. The molecule has 20 heavy (non-hydrogen) atoms. The van der Waals surface area contributed by atoms with E-state index in [0.717, 1.165) is 0 Å². The number of rotatable bonds is 3. The molecule has 0 atom stereocenters. The van der Waals surface area contributed by atoms with Crippen LogP contribution in [0.1, 0.15) is 10.4 Å². The highest BCUT2D eigenvalue weighted by Crippen LogP contribution is 2.22. The highest BCUT2D eigenvalue weighted by molar-refractivity contribution is 6.06. The first-order chi connectivity index (χ1) is 9.63. The van der Waals surface area contributed by atoms with E-state index in [0.29, 0.717) is 16.6 Å². The number of nitrogens with zero attached hydrogens (tertiary/aromatic N) is 1. The first-order valence-corrected chi connectivity index (χ1v) is 5.85. The van der Waals surface area contributed by atoms with Crippen LogP contribution in [0.4, 0.5) is 5.69 Å². The molecule has 0 fully saturated rings. The van der Waals surface area contributed by atoms with E-state index >= 15 is 0 Å². The number of nitrogen functional groups attached to an aromatic ring is 1. The highest BCUT2D eigenvalue weighted by Gasteiger charge is 2.13. The fourth-order valence-corrected chi connectivity index (χ4v) is 1.70. The number of benzene rings is 1. The van der Waals surface area contributed by atoms with Gasteiger partial charge in [0.15, 0.2) is 0 Å². The standard InChI is InChI=1S/C13H14N4O3/c1-20-7-11(18)16-17-13(19)9-6-15-10-5-3-2-4-8(10)12(9)14/h2-6H,7H2,1H3,(H2,14,15)(H,16,18)(H,17,19). The van der Waals surface area contributed by atoms with Gasteiger partial charge in [-0.15, -0.1) is 0 Å². The number of anilines is 1. The van der Waals surface area contributed by atoms with E-state index in [1.54, 1.807) is 12.1 Å². The molecule has 7 heteroatoms. The summed E-state index contributed by atoms with van der Waals surface area (Å²) in [5.74, 6) is -1.00. The number of para-hydroxylation sites is 1. The quantitative estimate of drug-likeness (QED) is 0.694. The summed E-state index contributed by atoms with van der Waals surface area (Å²) in [7, 11) is 1.38. The maximum absolute atomic E-state index is 11.9. The summed E-state index contributed by atoms with van der Waals surface area (Å²) in [6, 6.07) is 7.22. The Labute approximate surface area is 115 Å². The fraction of sp³-hybridized carbons (Fsp3) is 0.154. The third-order valence-corrected chi connectivity index (χ3v) is 2.65. The van der Waals surface area contributed by atoms with E-state index in [-0.39, 0.29) is 12.2 Å². The fourth-order valence-electron chi connectivity index (χ4n) is 1.70. The van der Waals surface area contributed by atoms with Crippen molar-refractivity contribution in [3.8, 4) is 0 Å². The van der Waals surface area contributed by atoms with Gasteiger partial charge in [-0.1, -0.05) is 18.2 Å². The van der Waals surface area contributed by atoms with Crippen LogP contribution in [0.15, 0.2) is 30.5 Å². The summed E-state index contributed by atoms with van der Waals surface area (Å²) in [5.41, 5.74) is 11.6. The first kappa shape index (κ1) is 13.8. The minimum Gasteiger partial charge on any atom is -0.397 e. The van der Waals surface area contributed by atoms with Gasteiger partial charge in [-0.3, -0.25) is 25.4 Å². The lowest BCUT2D eigenvalue weighted by Crippen LogP contribution is -2.43. The Morgan fingerprint density at radius 3 is 2.80 bits per heavy atom. The molecule has 104 valence electrons. The van der Waals surface area contributed by atoms with Crippen LogP contribution in [0.3, 0.4) is 0 Å². The molecule has 0 aliphatic carbocycles. The van der Waals surface area contributed by atoms with Crippen molar-refractivity contribution in [3.05, 3.63) is 36.0 Å². The van der Waals surface area contributed by atoms with Crippen LogP contribution in [-0.4, -0.2) is 30.5 Å². The molecule has 0 aliphatic rings. The second-order valence-corrected chi connectivity index (χ2v) is 4.04. The summed E-state index contributed by atoms with van der Waals surface area (Å²) in [6.07, 6.45) is 1.37. The zero-order chi connectivity index (χ0) is 14.5. The van der Waals surface area contributed by atoms with Gasteiger partial charge in [-0.2, -0.15) is 0 Å². The van der Waals surface area contributed by atoms with Gasteiger partial charge in [0.05, 0.1) is 16.8 Å². The average molecular weight is 274 g/mol. The number of methoxy groups -OCH3 is 1. The monoisotopic (exact) mass is 274 g/mol. The van der Waals surface area contributed by atoms with Crippen molar-refractivity contribution in [3.63, 3.8) is 0 Å². The van der Waals surface area contributed by atoms with Gasteiger partial charge in [0.1, 0.15) is 6.61 Å². The van der Waals surface area contributed by atoms with Crippen molar-refractivity contribution in [2.75, 3.05) is 19.5 Å². The summed E-state index contributed by atoms with van der Waals surface area (Å²) < 4.78 is 4.62. The van der Waals surface area contributed by atoms with Crippen LogP contribution in [-0.2, 0) is 9.53 Å². The van der Waals surface area contributed by atoms with Crippen molar-refractivity contribution < 1.29 is 14.3 Å². The molecule has 0 spiro atoms. The molecule has 0 aliphatic heterocycles. The Morgan fingerprint density at radius 2 is 2.05 bits per heavy atom. The molecule has 0 saturated heterocycles. The maximum atomic E-state index is 11.9. The maximum Gasteiger partial charge on any atom is 0.273 e. The van der Waals surface area contributed by atoms with Gasteiger partial charge in [0.2, 0.25) is 0 Å². The van der Waals surface area contributed by atoms with Crippen LogP contribution in [0, 0.1) is 0 Å². The number of fused-ring (bicyclic) bond motifs is 1. The molecule has 1 aromatic carbocycles. The van der Waals surface area contributed by atoms with Gasteiger partial charge >= 0.3 is 0 Å². The van der Waals surface area contributed by atoms with Crippen LogP contribution < -0.4 is 16.6 Å². The van der Waals surface area contributed by atoms with Crippen molar-refractivity contribution in [1.82, 2.24) is 15.8 Å². The van der Waals surface area contributed by atoms with Crippen LogP contribution in [0.2, 0.25) is 0 Å². The van der Waals surface area contributed by atoms with Crippen molar-refractivity contribution in [2.24, 2.45) is 0 Å². The summed E-state index contributed by atoms with van der Waals surface area (Å²) >= 11 is 0. The molecule has 0 bridgehead atoms. The van der Waals surface area contributed by atoms with Crippen molar-refractivity contribution in [2.45, 2.75) is 0 Å². The molecule has 4 N–H and O–H groups in total. The second kappa shape index (κ2) is 5.98. The highest BCUT2D eigenvalue weighted by atomic mass is 16.5. The summed E-state index contributed by atoms with van der Waals surface area (Å²) in [6.45, 7) is -0.147. The van der Waals surface area contributed by atoms with Gasteiger partial charge in [0.25, 0.3) is 11.8 Å². The Balaban J connectivity index is 2.18. The first-order valence-electron chi connectivity index (χ1n) is 5.85. The Bertz CT molecular complexity index is 657. The number of carbonyl (C=O) groups excluding carboxylic acids is 2. The molecule has 7 nitrogen and oxygen atoms in total. The van der Waals surface area contributed by atoms with Crippen molar-refractivity contribution in [1.29, 1.82) is 0 Å². The van der Waals surface area contributed by atoms with Crippen LogP contribution in [0.25, 0.3) is 10.9 Å². The molecule has 0 radical (unpaired) electrons. The van der Waals surface area contributed by atoms with E-state index in [1.165, 1.54) is 13.3 Å². The Morgan fingerprint density at radius 1 is 1.30 bits per heavy atom. The summed E-state index contributed by atoms with van der Waals surface area (Å²) in [5, 5.41) is 0.684. The van der Waals surface area contributed by atoms with Gasteiger partial charge in [-0.25, -0.2) is 0 Å². The lowest BCUT2D eigenvalue weighted by atomic mass is 10.1. The van der Waals surface area contributed by atoms with E-state index in [9.17, 15) is 9.59 Å². The van der Waals surface area contributed by atoms with E-state index in [1.807, 2.05) is 12.1 Å². The zero-order valence-corrected chi connectivity index (χ0v) is 10.8. The number of amides is 2. The summed E-state index contributed by atoms with van der Waals surface area (Å²) in [4.78, 5) is 27.3. The number of ether oxygens (including phenoxy) is 1. The van der Waals surface area contributed by atoms with Crippen molar-refractivity contribution >= 4 is 28.4 Å². The number of aromatic nitrogens is 1. The largest absolute Gasteiger partial charge is 0.397 e. The number of nitrogens with two attached hydrogens (primary N) is 1. The molecule has 0 unspecified atom stereocenters. The third-order valence-electron chi connectivity index (χ3n) is 2.65. The zero-order valence-electron chi connectivity index (χ0n) is 10.8. The van der Waals surface area contributed by atoms with E-state index < -0.39 is 11.8 Å². The molecular weight excluding hydrogens is 260 g/mol. The number of carbonyl (C=O) groups is 2. The molecule has 2 rings (SSSR count). The smallest absolute Gasteiger partial charge is 0.273 e. The topological polar surface area (TPSA) is 106 Å². The normalized spacial score (nSPS) is 10.2. The molecule has 2 aromatic rings. The van der Waals surface area contributed by atoms with Gasteiger partial charge in [0, 0.05) is 18.7 Å². The van der Waals surface area contributed by atoms with Gasteiger partial charge in [-0.05, 0) is 6.07 Å². The van der Waals surface area contributed by atoms with Crippen LogP contribution >= 0.6 is 0 Å². The second-order valence-electron chi connectivity index (χ2n) is 4.04. The molecular formula is C13H14N4O3. The third kappa shape index (κ3) is 2.83. The SMILES string of the molecule is COCC(=O)NNC(=O)c1cnc2ccccc2c1N. The van der Waals surface area contributed by atoms with Crippen LogP contribution in [0.5, 0.6) is 0 Å². The molecule has 0 saturated carbocycles. The van der Waals surface area contributed by atoms with E-state index in [4.69, 9.17) is 5.73 Å². The molecule has 1 heterocycles. The molecule has 1 aromatic heterocycles. The lowest BCUT2D eigenvalue weighted by molar-refractivity contribution is -0.125. The Kier molecular flexibility index (Phi) is 4.11. The lowest BCUT2D eigenvalue weighted by Gasteiger charge is -2.10. The predicted molar refractivity (Wildman–Crippen MR) is 73.6 cm³/mol. The number of hydrazine groups is 1. The average Bonchev–Trinajstić information content (AvgIpc) is 2.46. The predicted octanol–water partition coefficient (Wildman–Crippen LogP) is 0.224. The number of nitrogens with one attached hydrogen (secondary N) is 2. The minimum atomic E-state index is -0.537. The van der Waals surface area contributed by atoms with E-state index in [2.05, 4.69) is 20.6 Å².